The molecule has 0 saturated carbocycles. The molecule has 0 bridgehead atoms. The fraction of sp³-hybridized carbons (Fsp3) is 0.357. The number of hydrogen-bond acceptors (Lipinski definition) is 3. The molecular formula is C14H19BrN4. The Morgan fingerprint density at radius 2 is 2.00 bits per heavy atom. The minimum atomic E-state index is -0.0669. The molecule has 2 rings (SSSR count). The third kappa shape index (κ3) is 2.88. The first-order valence-electron chi connectivity index (χ1n) is 6.47. The van der Waals surface area contributed by atoms with Gasteiger partial charge in [-0.05, 0) is 40.4 Å². The first-order valence-corrected chi connectivity index (χ1v) is 7.26. The lowest BCUT2D eigenvalue weighted by molar-refractivity contribution is 0.542. The molecule has 0 radical (unpaired) electrons. The zero-order valence-electron chi connectivity index (χ0n) is 11.2. The molecule has 2 aromatic rings. The molecule has 19 heavy (non-hydrogen) atoms. The molecular weight excluding hydrogens is 304 g/mol. The SMILES string of the molecule is CCc1ccc(C(NN)c2c(Br)cnn2CC)cc1. The van der Waals surface area contributed by atoms with Crippen LogP contribution in [0.5, 0.6) is 0 Å². The van der Waals surface area contributed by atoms with Crippen LogP contribution < -0.4 is 11.3 Å². The van der Waals surface area contributed by atoms with Crippen LogP contribution >= 0.6 is 15.9 Å². The van der Waals surface area contributed by atoms with Gasteiger partial charge in [-0.3, -0.25) is 10.5 Å². The molecule has 1 aromatic carbocycles. The number of hydrogen-bond donors (Lipinski definition) is 2. The van der Waals surface area contributed by atoms with Crippen LogP contribution in [0.25, 0.3) is 0 Å². The number of aromatic nitrogens is 2. The van der Waals surface area contributed by atoms with Crippen molar-refractivity contribution in [1.29, 1.82) is 0 Å². The Balaban J connectivity index is 2.40. The molecule has 1 unspecified atom stereocenters. The molecule has 1 heterocycles. The predicted molar refractivity (Wildman–Crippen MR) is 80.6 cm³/mol. The molecule has 0 amide bonds. The van der Waals surface area contributed by atoms with E-state index in [1.165, 1.54) is 5.56 Å². The van der Waals surface area contributed by atoms with Crippen LogP contribution in [-0.4, -0.2) is 9.78 Å². The van der Waals surface area contributed by atoms with Crippen molar-refractivity contribution in [3.8, 4) is 0 Å². The quantitative estimate of drug-likeness (QED) is 0.657. The molecule has 3 N–H and O–H groups in total. The summed E-state index contributed by atoms with van der Waals surface area (Å²) in [4.78, 5) is 0. The number of halogens is 1. The second-order valence-electron chi connectivity index (χ2n) is 4.39. The van der Waals surface area contributed by atoms with Gasteiger partial charge in [0.1, 0.15) is 0 Å². The highest BCUT2D eigenvalue weighted by atomic mass is 79.9. The first kappa shape index (κ1) is 14.2. The number of nitrogens with two attached hydrogens (primary N) is 1. The highest BCUT2D eigenvalue weighted by Gasteiger charge is 2.20. The van der Waals surface area contributed by atoms with E-state index in [0.29, 0.717) is 0 Å². The molecule has 0 aliphatic carbocycles. The van der Waals surface area contributed by atoms with E-state index in [4.69, 9.17) is 5.84 Å². The van der Waals surface area contributed by atoms with Crippen molar-refractivity contribution in [2.75, 3.05) is 0 Å². The summed E-state index contributed by atoms with van der Waals surface area (Å²) in [6, 6.07) is 8.44. The van der Waals surface area contributed by atoms with E-state index in [2.05, 4.69) is 64.6 Å². The maximum absolute atomic E-state index is 5.75. The highest BCUT2D eigenvalue weighted by molar-refractivity contribution is 9.10. The summed E-state index contributed by atoms with van der Waals surface area (Å²) in [5, 5.41) is 4.34. The van der Waals surface area contributed by atoms with Crippen LogP contribution in [-0.2, 0) is 13.0 Å². The van der Waals surface area contributed by atoms with Gasteiger partial charge < -0.3 is 0 Å². The summed E-state index contributed by atoms with van der Waals surface area (Å²) in [7, 11) is 0. The van der Waals surface area contributed by atoms with Gasteiger partial charge in [-0.25, -0.2) is 5.43 Å². The van der Waals surface area contributed by atoms with Gasteiger partial charge in [-0.2, -0.15) is 5.10 Å². The van der Waals surface area contributed by atoms with Crippen LogP contribution in [0.4, 0.5) is 0 Å². The predicted octanol–water partition coefficient (Wildman–Crippen LogP) is 2.78. The smallest absolute Gasteiger partial charge is 0.0889 e. The average molecular weight is 323 g/mol. The number of nitrogens with zero attached hydrogens (tertiary/aromatic N) is 2. The van der Waals surface area contributed by atoms with Crippen molar-refractivity contribution < 1.29 is 0 Å². The number of hydrazine groups is 1. The molecule has 102 valence electrons. The van der Waals surface area contributed by atoms with E-state index in [1.807, 2.05) is 10.9 Å². The minimum absolute atomic E-state index is 0.0669. The van der Waals surface area contributed by atoms with Gasteiger partial charge in [-0.1, -0.05) is 31.2 Å². The second-order valence-corrected chi connectivity index (χ2v) is 5.24. The Morgan fingerprint density at radius 1 is 1.32 bits per heavy atom. The number of rotatable bonds is 5. The lowest BCUT2D eigenvalue weighted by Crippen LogP contribution is -2.31. The molecule has 0 spiro atoms. The minimum Gasteiger partial charge on any atom is -0.271 e. The zero-order valence-corrected chi connectivity index (χ0v) is 12.8. The first-order chi connectivity index (χ1) is 9.21. The van der Waals surface area contributed by atoms with Crippen LogP contribution in [0.3, 0.4) is 0 Å². The summed E-state index contributed by atoms with van der Waals surface area (Å²) in [6.07, 6.45) is 2.85. The zero-order chi connectivity index (χ0) is 13.8. The Kier molecular flexibility index (Phi) is 4.74. The van der Waals surface area contributed by atoms with Crippen molar-refractivity contribution in [1.82, 2.24) is 15.2 Å². The summed E-state index contributed by atoms with van der Waals surface area (Å²) in [5.74, 6) is 5.75. The Morgan fingerprint density at radius 3 is 2.53 bits per heavy atom. The topological polar surface area (TPSA) is 55.9 Å². The maximum Gasteiger partial charge on any atom is 0.0889 e. The molecule has 0 aliphatic rings. The van der Waals surface area contributed by atoms with Crippen LogP contribution in [0.1, 0.15) is 36.7 Å². The number of aryl methyl sites for hydroxylation is 2. The van der Waals surface area contributed by atoms with Crippen molar-refractivity contribution in [3.05, 3.63) is 51.8 Å². The molecule has 1 atom stereocenters. The van der Waals surface area contributed by atoms with Gasteiger partial charge in [0.05, 0.1) is 22.4 Å². The van der Waals surface area contributed by atoms with Gasteiger partial charge in [0.2, 0.25) is 0 Å². The van der Waals surface area contributed by atoms with Crippen molar-refractivity contribution in [2.45, 2.75) is 32.9 Å². The summed E-state index contributed by atoms with van der Waals surface area (Å²) >= 11 is 3.55. The molecule has 4 nitrogen and oxygen atoms in total. The highest BCUT2D eigenvalue weighted by Crippen LogP contribution is 2.28. The van der Waals surface area contributed by atoms with E-state index in [0.717, 1.165) is 28.7 Å². The fourth-order valence-corrected chi connectivity index (χ4v) is 2.71. The Bertz CT molecular complexity index is 533. The van der Waals surface area contributed by atoms with E-state index in [1.54, 1.807) is 0 Å². The third-order valence-corrected chi connectivity index (χ3v) is 3.91. The average Bonchev–Trinajstić information content (AvgIpc) is 2.82. The summed E-state index contributed by atoms with van der Waals surface area (Å²) in [5.41, 5.74) is 6.39. The normalized spacial score (nSPS) is 12.6. The molecule has 0 fully saturated rings. The van der Waals surface area contributed by atoms with E-state index >= 15 is 0 Å². The monoisotopic (exact) mass is 322 g/mol. The van der Waals surface area contributed by atoms with Crippen LogP contribution in [0.15, 0.2) is 34.9 Å². The number of nitrogens with one attached hydrogen (secondary N) is 1. The lowest BCUT2D eigenvalue weighted by Gasteiger charge is -2.18. The van der Waals surface area contributed by atoms with Gasteiger partial charge >= 0.3 is 0 Å². The lowest BCUT2D eigenvalue weighted by atomic mass is 10.0. The fourth-order valence-electron chi connectivity index (χ4n) is 2.19. The van der Waals surface area contributed by atoms with Gasteiger partial charge in [-0.15, -0.1) is 0 Å². The van der Waals surface area contributed by atoms with E-state index in [9.17, 15) is 0 Å². The van der Waals surface area contributed by atoms with Gasteiger partial charge in [0.15, 0.2) is 0 Å². The molecule has 0 saturated heterocycles. The van der Waals surface area contributed by atoms with Crippen molar-refractivity contribution in [3.63, 3.8) is 0 Å². The molecule has 5 heteroatoms. The second kappa shape index (κ2) is 6.32. The maximum atomic E-state index is 5.75. The number of benzene rings is 1. The van der Waals surface area contributed by atoms with Gasteiger partial charge in [0.25, 0.3) is 0 Å². The summed E-state index contributed by atoms with van der Waals surface area (Å²) in [6.45, 7) is 5.03. The van der Waals surface area contributed by atoms with Crippen molar-refractivity contribution in [2.24, 2.45) is 5.84 Å². The molecule has 1 aromatic heterocycles. The Labute approximate surface area is 122 Å². The largest absolute Gasteiger partial charge is 0.271 e. The standard InChI is InChI=1S/C14H19BrN4/c1-3-10-5-7-11(8-6-10)13(18-16)14-12(15)9-17-19(14)4-2/h5-9,13,18H,3-4,16H2,1-2H3. The van der Waals surface area contributed by atoms with E-state index < -0.39 is 0 Å². The van der Waals surface area contributed by atoms with Crippen LogP contribution in [0.2, 0.25) is 0 Å². The third-order valence-electron chi connectivity index (χ3n) is 3.29. The summed E-state index contributed by atoms with van der Waals surface area (Å²) < 4.78 is 2.92. The molecule has 0 aliphatic heterocycles. The van der Waals surface area contributed by atoms with Gasteiger partial charge in [0, 0.05) is 6.54 Å². The van der Waals surface area contributed by atoms with Crippen molar-refractivity contribution >= 4 is 15.9 Å². The Hall–Kier alpha value is -1.17. The van der Waals surface area contributed by atoms with E-state index in [-0.39, 0.29) is 6.04 Å². The van der Waals surface area contributed by atoms with Crippen LogP contribution in [0, 0.1) is 0 Å².